The molecule has 2 aliphatic rings. The maximum atomic E-state index is 13.8. The zero-order chi connectivity index (χ0) is 24.7. The monoisotopic (exact) mass is 498 g/mol. The van der Waals surface area contributed by atoms with Crippen LogP contribution in [0.25, 0.3) is 0 Å². The Labute approximate surface area is 203 Å². The average Bonchev–Trinajstić information content (AvgIpc) is 3.32. The van der Waals surface area contributed by atoms with Crippen LogP contribution in [0.1, 0.15) is 35.2 Å². The number of halogens is 3. The quantitative estimate of drug-likeness (QED) is 0.466. The lowest BCUT2D eigenvalue weighted by Crippen LogP contribution is -2.45. The summed E-state index contributed by atoms with van der Waals surface area (Å²) in [6, 6.07) is 15.9. The highest BCUT2D eigenvalue weighted by Crippen LogP contribution is 2.49. The summed E-state index contributed by atoms with van der Waals surface area (Å²) < 4.78 is 46.7. The number of allylic oxidation sites excluding steroid dienone is 1. The number of rotatable bonds is 3. The number of ketones is 1. The molecule has 5 rings (SSSR count). The molecule has 1 aliphatic carbocycles. The van der Waals surface area contributed by atoms with Gasteiger partial charge >= 0.3 is 12.1 Å². The summed E-state index contributed by atoms with van der Waals surface area (Å²) in [6.07, 6.45) is -4.58. The summed E-state index contributed by atoms with van der Waals surface area (Å²) in [7, 11) is 1.57. The van der Waals surface area contributed by atoms with E-state index >= 15 is 0 Å². The molecule has 0 saturated carbocycles. The molecule has 0 radical (unpaired) electrons. The molecule has 1 aliphatic heterocycles. The molecule has 35 heavy (non-hydrogen) atoms. The molecule has 0 unspecified atom stereocenters. The molecule has 3 aromatic rings. The van der Waals surface area contributed by atoms with E-state index < -0.39 is 18.1 Å². The van der Waals surface area contributed by atoms with Gasteiger partial charge in [-0.1, -0.05) is 30.3 Å². The predicted octanol–water partition coefficient (Wildman–Crippen LogP) is 6.22. The van der Waals surface area contributed by atoms with E-state index in [0.29, 0.717) is 28.4 Å². The van der Waals surface area contributed by atoms with Gasteiger partial charge in [0.25, 0.3) is 0 Å². The molecule has 2 aromatic carbocycles. The molecule has 0 saturated heterocycles. The van der Waals surface area contributed by atoms with Crippen LogP contribution < -0.4 is 15.0 Å². The number of thiophene rings is 1. The summed E-state index contributed by atoms with van der Waals surface area (Å²) in [6.45, 7) is 0. The number of hydrogen-bond acceptors (Lipinski definition) is 5. The number of carbonyl (C=O) groups excluding carboxylic acids is 2. The minimum absolute atomic E-state index is 0.0800. The molecule has 1 N–H and O–H groups in total. The van der Waals surface area contributed by atoms with Crippen LogP contribution in [-0.4, -0.2) is 25.0 Å². The van der Waals surface area contributed by atoms with Crippen molar-refractivity contribution in [1.82, 2.24) is 0 Å². The lowest BCUT2D eigenvalue weighted by Gasteiger charge is -2.34. The maximum Gasteiger partial charge on any atom is 0.471 e. The number of alkyl halides is 3. The molecule has 2 heterocycles. The van der Waals surface area contributed by atoms with E-state index in [1.54, 1.807) is 42.8 Å². The zero-order valence-electron chi connectivity index (χ0n) is 18.6. The second-order valence-corrected chi connectivity index (χ2v) is 9.41. The van der Waals surface area contributed by atoms with Crippen molar-refractivity contribution in [2.75, 3.05) is 17.3 Å². The Morgan fingerprint density at radius 2 is 1.80 bits per heavy atom. The highest BCUT2D eigenvalue weighted by molar-refractivity contribution is 7.10. The van der Waals surface area contributed by atoms with Gasteiger partial charge in [0.2, 0.25) is 0 Å². The average molecular weight is 499 g/mol. The molecular weight excluding hydrogens is 477 g/mol. The summed E-state index contributed by atoms with van der Waals surface area (Å²) in [4.78, 5) is 27.6. The van der Waals surface area contributed by atoms with Gasteiger partial charge in [-0.05, 0) is 53.6 Å². The van der Waals surface area contributed by atoms with E-state index in [4.69, 9.17) is 4.74 Å². The lowest BCUT2D eigenvalue weighted by atomic mass is 9.79. The fourth-order valence-corrected chi connectivity index (χ4v) is 5.60. The number of para-hydroxylation sites is 2. The SMILES string of the molecule is COc1ccc([C@@H]2CC(=O)C3=C(C2)Nc2ccccc2N(C(=O)C(F)(F)F)[C@@H]3c2cccs2)cc1. The molecule has 1 amide bonds. The van der Waals surface area contributed by atoms with Gasteiger partial charge in [-0.3, -0.25) is 14.5 Å². The Morgan fingerprint density at radius 3 is 2.46 bits per heavy atom. The fraction of sp³-hybridized carbons (Fsp3) is 0.231. The third-order valence-corrected chi connectivity index (χ3v) is 7.27. The van der Waals surface area contributed by atoms with Crippen molar-refractivity contribution in [1.29, 1.82) is 0 Å². The van der Waals surface area contributed by atoms with E-state index in [2.05, 4.69) is 5.32 Å². The van der Waals surface area contributed by atoms with Gasteiger partial charge in [0, 0.05) is 22.6 Å². The number of methoxy groups -OCH3 is 1. The molecule has 0 bridgehead atoms. The first-order valence-electron chi connectivity index (χ1n) is 11.0. The molecule has 9 heteroatoms. The number of hydrogen-bond donors (Lipinski definition) is 1. The van der Waals surface area contributed by atoms with Crippen molar-refractivity contribution in [2.24, 2.45) is 0 Å². The minimum atomic E-state index is -5.11. The van der Waals surface area contributed by atoms with E-state index in [0.717, 1.165) is 10.5 Å². The first-order chi connectivity index (χ1) is 16.8. The van der Waals surface area contributed by atoms with Crippen LogP contribution in [0.4, 0.5) is 24.5 Å². The summed E-state index contributed by atoms with van der Waals surface area (Å²) in [5.41, 5.74) is 2.09. The van der Waals surface area contributed by atoms with Gasteiger partial charge in [0.1, 0.15) is 11.8 Å². The number of amides is 1. The number of ether oxygens (including phenoxy) is 1. The second-order valence-electron chi connectivity index (χ2n) is 8.43. The lowest BCUT2D eigenvalue weighted by molar-refractivity contribution is -0.170. The minimum Gasteiger partial charge on any atom is -0.497 e. The summed E-state index contributed by atoms with van der Waals surface area (Å²) in [5.74, 6) is -1.77. The van der Waals surface area contributed by atoms with Gasteiger partial charge in [-0.2, -0.15) is 13.2 Å². The van der Waals surface area contributed by atoms with Gasteiger partial charge in [0.05, 0.1) is 18.5 Å². The largest absolute Gasteiger partial charge is 0.497 e. The van der Waals surface area contributed by atoms with Gasteiger partial charge < -0.3 is 10.1 Å². The smallest absolute Gasteiger partial charge is 0.471 e. The predicted molar refractivity (Wildman–Crippen MR) is 128 cm³/mol. The van der Waals surface area contributed by atoms with Crippen molar-refractivity contribution in [3.63, 3.8) is 0 Å². The van der Waals surface area contributed by atoms with Gasteiger partial charge in [-0.25, -0.2) is 0 Å². The Kier molecular flexibility index (Phi) is 5.88. The van der Waals surface area contributed by atoms with Gasteiger partial charge in [0.15, 0.2) is 5.78 Å². The number of Topliss-reactive ketones (excluding diaryl/α,β-unsaturated/α-hetero) is 1. The highest BCUT2D eigenvalue weighted by Gasteiger charge is 2.50. The molecule has 0 fully saturated rings. The molecule has 180 valence electrons. The van der Waals surface area contributed by atoms with Crippen molar-refractivity contribution in [3.8, 4) is 5.75 Å². The number of benzene rings is 2. The highest BCUT2D eigenvalue weighted by atomic mass is 32.1. The van der Waals surface area contributed by atoms with E-state index in [1.807, 2.05) is 24.3 Å². The molecule has 5 nitrogen and oxygen atoms in total. The normalized spacial score (nSPS) is 20.0. The van der Waals surface area contributed by atoms with Crippen LogP contribution in [0.3, 0.4) is 0 Å². The van der Waals surface area contributed by atoms with Crippen LogP contribution in [0, 0.1) is 0 Å². The Balaban J connectivity index is 1.67. The first kappa shape index (κ1) is 23.2. The Bertz CT molecular complexity index is 1300. The standard InChI is InChI=1S/C26H21F3N2O3S/c1-34-17-10-8-15(9-11-17)16-13-19-23(21(32)14-16)24(22-7-4-12-35-22)31(25(33)26(27,28)29)20-6-3-2-5-18(20)30-19/h2-12,16,24,30H,13-14H2,1H3/t16-,24+/m0/s1. The van der Waals surface area contributed by atoms with Crippen LogP contribution in [0.15, 0.2) is 77.3 Å². The number of nitrogens with one attached hydrogen (secondary N) is 1. The van der Waals surface area contributed by atoms with E-state index in [-0.39, 0.29) is 29.4 Å². The van der Waals surface area contributed by atoms with Crippen molar-refractivity contribution in [3.05, 3.63) is 87.8 Å². The fourth-order valence-electron chi connectivity index (χ4n) is 4.78. The number of nitrogens with zero attached hydrogens (tertiary/aromatic N) is 1. The summed E-state index contributed by atoms with van der Waals surface area (Å²) in [5, 5.41) is 4.95. The molecule has 1 aromatic heterocycles. The zero-order valence-corrected chi connectivity index (χ0v) is 19.5. The van der Waals surface area contributed by atoms with Crippen molar-refractivity contribution in [2.45, 2.75) is 31.0 Å². The number of carbonyl (C=O) groups is 2. The third kappa shape index (κ3) is 4.20. The number of fused-ring (bicyclic) bond motifs is 1. The van der Waals surface area contributed by atoms with E-state index in [9.17, 15) is 22.8 Å². The molecule has 2 atom stereocenters. The van der Waals surface area contributed by atoms with Crippen LogP contribution >= 0.6 is 11.3 Å². The third-order valence-electron chi connectivity index (χ3n) is 6.35. The number of anilines is 2. The Morgan fingerprint density at radius 1 is 1.06 bits per heavy atom. The molecular formula is C26H21F3N2O3S. The Hall–Kier alpha value is -3.59. The first-order valence-corrected chi connectivity index (χ1v) is 11.9. The second kappa shape index (κ2) is 8.88. The van der Waals surface area contributed by atoms with Crippen LogP contribution in [-0.2, 0) is 9.59 Å². The van der Waals surface area contributed by atoms with Crippen LogP contribution in [0.5, 0.6) is 5.75 Å². The van der Waals surface area contributed by atoms with Crippen molar-refractivity contribution >= 4 is 34.4 Å². The van der Waals surface area contributed by atoms with Gasteiger partial charge in [-0.15, -0.1) is 11.3 Å². The van der Waals surface area contributed by atoms with E-state index in [1.165, 1.54) is 17.4 Å². The maximum absolute atomic E-state index is 13.8. The summed E-state index contributed by atoms with van der Waals surface area (Å²) >= 11 is 1.21. The molecule has 0 spiro atoms. The topological polar surface area (TPSA) is 58.6 Å². The van der Waals surface area contributed by atoms with Crippen LogP contribution in [0.2, 0.25) is 0 Å². The van der Waals surface area contributed by atoms with Crippen molar-refractivity contribution < 1.29 is 27.5 Å².